The average Bonchev–Trinajstić information content (AvgIpc) is 3.04. The van der Waals surface area contributed by atoms with Crippen molar-refractivity contribution in [1.82, 2.24) is 4.98 Å². The van der Waals surface area contributed by atoms with Crippen LogP contribution >= 0.6 is 0 Å². The minimum atomic E-state index is -2.53. The SMILES string of the molecule is NC(=O)c1c(N(N)C=O)[nH]c2cc(-c3cccc(NC[SH](=O)=O)c3)ccc12. The van der Waals surface area contributed by atoms with Crippen LogP contribution in [0.15, 0.2) is 42.5 Å². The van der Waals surface area contributed by atoms with Gasteiger partial charge in [0.15, 0.2) is 10.7 Å². The second kappa shape index (κ2) is 7.48. The summed E-state index contributed by atoms with van der Waals surface area (Å²) in [6, 6.07) is 12.5. The Morgan fingerprint density at radius 1 is 1.19 bits per heavy atom. The fourth-order valence-electron chi connectivity index (χ4n) is 2.82. The summed E-state index contributed by atoms with van der Waals surface area (Å²) in [5.74, 6) is 4.84. The lowest BCUT2D eigenvalue weighted by Gasteiger charge is -2.08. The molecule has 10 heteroatoms. The number of fused-ring (bicyclic) bond motifs is 1. The first-order valence-corrected chi connectivity index (χ1v) is 9.18. The number of hydrazine groups is 1. The van der Waals surface area contributed by atoms with E-state index in [4.69, 9.17) is 11.6 Å². The Morgan fingerprint density at radius 2 is 1.93 bits per heavy atom. The number of rotatable bonds is 7. The molecule has 1 aromatic heterocycles. The summed E-state index contributed by atoms with van der Waals surface area (Å²) in [5, 5.41) is 4.11. The van der Waals surface area contributed by atoms with E-state index in [-0.39, 0.29) is 17.3 Å². The number of hydrogen-bond acceptors (Lipinski definition) is 6. The second-order valence-electron chi connectivity index (χ2n) is 5.73. The Balaban J connectivity index is 2.06. The second-order valence-corrected chi connectivity index (χ2v) is 6.72. The monoisotopic (exact) mass is 387 g/mol. The van der Waals surface area contributed by atoms with E-state index in [0.29, 0.717) is 23.0 Å². The van der Waals surface area contributed by atoms with Crippen LogP contribution in [-0.4, -0.2) is 31.6 Å². The van der Waals surface area contributed by atoms with Gasteiger partial charge in [-0.15, -0.1) is 0 Å². The van der Waals surface area contributed by atoms with Crippen LogP contribution in [0.2, 0.25) is 0 Å². The topological polar surface area (TPSA) is 151 Å². The molecule has 2 aromatic carbocycles. The van der Waals surface area contributed by atoms with Crippen molar-refractivity contribution in [3.05, 3.63) is 48.0 Å². The summed E-state index contributed by atoms with van der Waals surface area (Å²) in [6.07, 6.45) is 0.369. The normalized spacial score (nSPS) is 10.9. The molecule has 0 unspecified atom stereocenters. The van der Waals surface area contributed by atoms with E-state index in [9.17, 15) is 18.0 Å². The van der Waals surface area contributed by atoms with Crippen molar-refractivity contribution in [1.29, 1.82) is 0 Å². The molecule has 140 valence electrons. The van der Waals surface area contributed by atoms with Crippen LogP contribution in [0.25, 0.3) is 22.0 Å². The van der Waals surface area contributed by atoms with Crippen LogP contribution in [0.4, 0.5) is 11.5 Å². The van der Waals surface area contributed by atoms with E-state index in [2.05, 4.69) is 10.3 Å². The first-order chi connectivity index (χ1) is 12.9. The van der Waals surface area contributed by atoms with Gasteiger partial charge in [0.2, 0.25) is 6.41 Å². The van der Waals surface area contributed by atoms with Gasteiger partial charge in [0.25, 0.3) is 5.91 Å². The lowest BCUT2D eigenvalue weighted by molar-refractivity contribution is -0.107. The van der Waals surface area contributed by atoms with Gasteiger partial charge in [-0.25, -0.2) is 19.3 Å². The molecule has 0 spiro atoms. The van der Waals surface area contributed by atoms with Gasteiger partial charge < -0.3 is 16.0 Å². The van der Waals surface area contributed by atoms with Crippen molar-refractivity contribution in [3.63, 3.8) is 0 Å². The van der Waals surface area contributed by atoms with Gasteiger partial charge in [-0.2, -0.15) is 0 Å². The highest BCUT2D eigenvalue weighted by molar-refractivity contribution is 7.72. The zero-order valence-electron chi connectivity index (χ0n) is 14.0. The van der Waals surface area contributed by atoms with Gasteiger partial charge in [-0.3, -0.25) is 9.59 Å². The van der Waals surface area contributed by atoms with Crippen LogP contribution in [0.5, 0.6) is 0 Å². The Kier molecular flexibility index (Phi) is 5.10. The molecule has 0 aliphatic carbocycles. The third-order valence-electron chi connectivity index (χ3n) is 4.01. The number of H-pyrrole nitrogens is 1. The molecule has 9 nitrogen and oxygen atoms in total. The number of nitrogens with two attached hydrogens (primary N) is 2. The fourth-order valence-corrected chi connectivity index (χ4v) is 3.13. The largest absolute Gasteiger partial charge is 0.372 e. The first-order valence-electron chi connectivity index (χ1n) is 7.81. The summed E-state index contributed by atoms with van der Waals surface area (Å²) in [5.41, 5.74) is 8.44. The quantitative estimate of drug-likeness (QED) is 0.133. The molecule has 0 aliphatic rings. The van der Waals surface area contributed by atoms with Gasteiger partial charge in [-0.05, 0) is 29.3 Å². The molecular formula is C17H17N5O4S. The number of hydrogen-bond donors (Lipinski definition) is 5. The van der Waals surface area contributed by atoms with Crippen LogP contribution < -0.4 is 21.9 Å². The first kappa shape index (κ1) is 18.4. The average molecular weight is 387 g/mol. The van der Waals surface area contributed by atoms with Crippen LogP contribution in [-0.2, 0) is 15.5 Å². The maximum absolute atomic E-state index is 11.8. The summed E-state index contributed by atoms with van der Waals surface area (Å²) >= 11 is 0. The third-order valence-corrected chi connectivity index (χ3v) is 4.42. The smallest absolute Gasteiger partial charge is 0.253 e. The lowest BCUT2D eigenvalue weighted by Crippen LogP contribution is -2.31. The van der Waals surface area contributed by atoms with E-state index < -0.39 is 16.6 Å². The van der Waals surface area contributed by atoms with E-state index >= 15 is 0 Å². The van der Waals surface area contributed by atoms with Gasteiger partial charge >= 0.3 is 0 Å². The molecule has 0 saturated heterocycles. The van der Waals surface area contributed by atoms with Crippen LogP contribution in [0, 0.1) is 0 Å². The van der Waals surface area contributed by atoms with E-state index in [1.54, 1.807) is 36.4 Å². The molecule has 6 N–H and O–H groups in total. The molecular weight excluding hydrogens is 370 g/mol. The van der Waals surface area contributed by atoms with Crippen molar-refractivity contribution in [2.45, 2.75) is 0 Å². The predicted octanol–water partition coefficient (Wildman–Crippen LogP) is 0.751. The van der Waals surface area contributed by atoms with Crippen molar-refractivity contribution in [2.24, 2.45) is 11.6 Å². The number of aromatic nitrogens is 1. The highest BCUT2D eigenvalue weighted by atomic mass is 32.2. The van der Waals surface area contributed by atoms with Gasteiger partial charge in [0.1, 0.15) is 11.7 Å². The maximum atomic E-state index is 11.8. The Morgan fingerprint density at radius 3 is 2.59 bits per heavy atom. The number of nitrogens with one attached hydrogen (secondary N) is 2. The molecule has 3 aromatic rings. The molecule has 0 saturated carbocycles. The Bertz CT molecular complexity index is 1100. The van der Waals surface area contributed by atoms with Crippen molar-refractivity contribution in [3.8, 4) is 11.1 Å². The molecule has 0 fully saturated rings. The van der Waals surface area contributed by atoms with E-state index in [0.717, 1.165) is 16.1 Å². The third kappa shape index (κ3) is 3.76. The molecule has 0 aliphatic heterocycles. The number of carbonyl (C=O) groups excluding carboxylic acids is 2. The molecule has 3 rings (SSSR count). The predicted molar refractivity (Wildman–Crippen MR) is 104 cm³/mol. The number of anilines is 2. The molecule has 2 amide bonds. The summed E-state index contributed by atoms with van der Waals surface area (Å²) in [4.78, 5) is 25.7. The van der Waals surface area contributed by atoms with Crippen LogP contribution in [0.3, 0.4) is 0 Å². The lowest BCUT2D eigenvalue weighted by atomic mass is 10.0. The van der Waals surface area contributed by atoms with Gasteiger partial charge in [0.05, 0.1) is 5.56 Å². The maximum Gasteiger partial charge on any atom is 0.253 e. The number of nitrogens with zero attached hydrogens (tertiary/aromatic N) is 1. The van der Waals surface area contributed by atoms with Crippen molar-refractivity contribution in [2.75, 3.05) is 16.2 Å². The summed E-state index contributed by atoms with van der Waals surface area (Å²) in [7, 11) is -2.53. The number of amides is 2. The number of primary amides is 1. The minimum absolute atomic E-state index is 0.110. The Labute approximate surface area is 155 Å². The molecule has 0 atom stereocenters. The fraction of sp³-hybridized carbons (Fsp3) is 0.0588. The van der Waals surface area contributed by atoms with Crippen molar-refractivity contribution < 1.29 is 18.0 Å². The molecule has 1 heterocycles. The van der Waals surface area contributed by atoms with Crippen molar-refractivity contribution >= 4 is 45.4 Å². The minimum Gasteiger partial charge on any atom is -0.372 e. The highest BCUT2D eigenvalue weighted by Crippen LogP contribution is 2.31. The summed E-state index contributed by atoms with van der Waals surface area (Å²) in [6.45, 7) is 0. The summed E-state index contributed by atoms with van der Waals surface area (Å²) < 4.78 is 21.5. The van der Waals surface area contributed by atoms with Gasteiger partial charge in [0, 0.05) is 16.6 Å². The zero-order chi connectivity index (χ0) is 19.6. The van der Waals surface area contributed by atoms with Gasteiger partial charge in [-0.1, -0.05) is 24.3 Å². The molecule has 0 radical (unpaired) electrons. The number of aromatic amines is 1. The Hall–Kier alpha value is -3.37. The van der Waals surface area contributed by atoms with E-state index in [1.165, 1.54) is 0 Å². The zero-order valence-corrected chi connectivity index (χ0v) is 14.9. The number of carbonyl (C=O) groups is 2. The standard InChI is InChI=1S/C17H17N5O4S/c18-16(24)15-13-5-4-11(7-14(13)21-17(15)22(19)9-23)10-2-1-3-12(6-10)20-8-27(25)26/h1-7,9,20-21,27H,8,19H2,(H2,18,24). The van der Waals surface area contributed by atoms with E-state index in [1.807, 2.05) is 6.07 Å². The highest BCUT2D eigenvalue weighted by Gasteiger charge is 2.19. The molecule has 27 heavy (non-hydrogen) atoms. The number of thiol groups is 1. The van der Waals surface area contributed by atoms with Crippen LogP contribution in [0.1, 0.15) is 10.4 Å². The molecule has 0 bridgehead atoms. The number of benzene rings is 2.